The van der Waals surface area contributed by atoms with Crippen molar-refractivity contribution in [3.8, 4) is 0 Å². The normalized spacial score (nSPS) is 11.6. The van der Waals surface area contributed by atoms with Gasteiger partial charge in [0, 0.05) is 24.0 Å². The molecule has 0 radical (unpaired) electrons. The Morgan fingerprint density at radius 1 is 1.57 bits per heavy atom. The summed E-state index contributed by atoms with van der Waals surface area (Å²) in [4.78, 5) is 7.77. The fourth-order valence-electron chi connectivity index (χ4n) is 1.31. The summed E-state index contributed by atoms with van der Waals surface area (Å²) in [7, 11) is 0. The average Bonchev–Trinajstić information content (AvgIpc) is 2.51. The van der Waals surface area contributed by atoms with Crippen LogP contribution in [0, 0.1) is 6.92 Å². The van der Waals surface area contributed by atoms with Crippen LogP contribution in [0.1, 0.15) is 24.4 Å². The van der Waals surface area contributed by atoms with Gasteiger partial charge in [-0.15, -0.1) is 11.3 Å². The van der Waals surface area contributed by atoms with E-state index in [9.17, 15) is 0 Å². The van der Waals surface area contributed by atoms with E-state index in [2.05, 4.69) is 23.7 Å². The molecule has 0 fully saturated rings. The minimum absolute atomic E-state index is 0.218. The number of rotatable bonds is 5. The smallest absolute Gasteiger partial charge is 0.0798 e. The van der Waals surface area contributed by atoms with Crippen LogP contribution in [0.5, 0.6) is 0 Å². The maximum absolute atomic E-state index is 8.93. The molecule has 0 unspecified atom stereocenters. The Morgan fingerprint density at radius 3 is 2.71 bits per heavy atom. The lowest BCUT2D eigenvalue weighted by atomic mass is 10.3. The van der Waals surface area contributed by atoms with E-state index in [0.29, 0.717) is 6.04 Å². The fraction of sp³-hybridized carbons (Fsp3) is 0.700. The van der Waals surface area contributed by atoms with Crippen molar-refractivity contribution < 1.29 is 5.11 Å². The molecule has 1 aromatic rings. The highest BCUT2D eigenvalue weighted by molar-refractivity contribution is 7.09. The molecule has 0 saturated heterocycles. The molecule has 0 aliphatic carbocycles. The number of hydrogen-bond acceptors (Lipinski definition) is 4. The molecule has 0 atom stereocenters. The molecule has 0 aromatic carbocycles. The number of aliphatic hydroxyl groups is 1. The molecular formula is C10H18N2OS. The minimum Gasteiger partial charge on any atom is -0.395 e. The Labute approximate surface area is 89.4 Å². The van der Waals surface area contributed by atoms with Gasteiger partial charge < -0.3 is 5.11 Å². The quantitative estimate of drug-likeness (QED) is 0.809. The number of hydrogen-bond donors (Lipinski definition) is 1. The lowest BCUT2D eigenvalue weighted by Gasteiger charge is -2.24. The fourth-order valence-corrected chi connectivity index (χ4v) is 2.11. The van der Waals surface area contributed by atoms with Crippen LogP contribution in [0.2, 0.25) is 0 Å². The third-order valence-electron chi connectivity index (χ3n) is 2.31. The first-order chi connectivity index (χ1) is 6.65. The monoisotopic (exact) mass is 214 g/mol. The first-order valence-corrected chi connectivity index (χ1v) is 5.77. The van der Waals surface area contributed by atoms with Gasteiger partial charge in [0.05, 0.1) is 17.8 Å². The van der Waals surface area contributed by atoms with E-state index in [-0.39, 0.29) is 6.61 Å². The highest BCUT2D eigenvalue weighted by Crippen LogP contribution is 2.16. The van der Waals surface area contributed by atoms with Gasteiger partial charge in [-0.25, -0.2) is 4.98 Å². The van der Waals surface area contributed by atoms with Gasteiger partial charge in [0.25, 0.3) is 0 Å². The van der Waals surface area contributed by atoms with E-state index in [4.69, 9.17) is 5.11 Å². The first kappa shape index (κ1) is 11.6. The van der Waals surface area contributed by atoms with Crippen LogP contribution in [0.3, 0.4) is 0 Å². The van der Waals surface area contributed by atoms with Crippen molar-refractivity contribution in [3.05, 3.63) is 16.1 Å². The molecule has 4 heteroatoms. The summed E-state index contributed by atoms with van der Waals surface area (Å²) in [5.41, 5.74) is 2.99. The van der Waals surface area contributed by atoms with E-state index in [0.717, 1.165) is 18.8 Å². The van der Waals surface area contributed by atoms with Gasteiger partial charge in [-0.05, 0) is 20.8 Å². The van der Waals surface area contributed by atoms with Gasteiger partial charge in [-0.2, -0.15) is 0 Å². The predicted molar refractivity (Wildman–Crippen MR) is 59.5 cm³/mol. The molecule has 0 aliphatic heterocycles. The molecule has 3 nitrogen and oxygen atoms in total. The zero-order valence-corrected chi connectivity index (χ0v) is 9.84. The van der Waals surface area contributed by atoms with Crippen LogP contribution in [-0.2, 0) is 6.54 Å². The summed E-state index contributed by atoms with van der Waals surface area (Å²) < 4.78 is 0. The molecule has 1 heterocycles. The first-order valence-electron chi connectivity index (χ1n) is 4.89. The maximum Gasteiger partial charge on any atom is 0.0798 e. The van der Waals surface area contributed by atoms with Gasteiger partial charge in [-0.1, -0.05) is 0 Å². The number of thiazole rings is 1. The zero-order valence-electron chi connectivity index (χ0n) is 9.03. The van der Waals surface area contributed by atoms with Gasteiger partial charge in [0.2, 0.25) is 0 Å². The molecule has 0 aliphatic rings. The number of aliphatic hydroxyl groups excluding tert-OH is 1. The van der Waals surface area contributed by atoms with E-state index >= 15 is 0 Å². The molecular weight excluding hydrogens is 196 g/mol. The van der Waals surface area contributed by atoms with Crippen molar-refractivity contribution in [3.63, 3.8) is 0 Å². The Hall–Kier alpha value is -0.450. The lowest BCUT2D eigenvalue weighted by molar-refractivity contribution is 0.160. The van der Waals surface area contributed by atoms with E-state index < -0.39 is 0 Å². The van der Waals surface area contributed by atoms with Crippen LogP contribution in [-0.4, -0.2) is 34.2 Å². The predicted octanol–water partition coefficient (Wildman–Crippen LogP) is 1.65. The highest BCUT2D eigenvalue weighted by atomic mass is 32.1. The van der Waals surface area contributed by atoms with Crippen LogP contribution in [0.4, 0.5) is 0 Å². The summed E-state index contributed by atoms with van der Waals surface area (Å²) in [5, 5.41) is 8.93. The molecule has 1 aromatic heterocycles. The number of aromatic nitrogens is 1. The average molecular weight is 214 g/mol. The standard InChI is InChI=1S/C10H18N2OS/c1-8(2)12(4-5-13)6-10-9(3)11-7-14-10/h7-8,13H,4-6H2,1-3H3. The second-order valence-corrected chi connectivity index (χ2v) is 4.59. The SMILES string of the molecule is Cc1ncsc1CN(CCO)C(C)C. The van der Waals surface area contributed by atoms with Crippen molar-refractivity contribution in [1.29, 1.82) is 0 Å². The summed E-state index contributed by atoms with van der Waals surface area (Å²) in [6.45, 7) is 8.17. The Morgan fingerprint density at radius 2 is 2.29 bits per heavy atom. The highest BCUT2D eigenvalue weighted by Gasteiger charge is 2.11. The number of aryl methyl sites for hydroxylation is 1. The molecule has 0 amide bonds. The van der Waals surface area contributed by atoms with Gasteiger partial charge in [0.15, 0.2) is 0 Å². The summed E-state index contributed by atoms with van der Waals surface area (Å²) in [6, 6.07) is 0.462. The second kappa shape index (κ2) is 5.44. The largest absolute Gasteiger partial charge is 0.395 e. The van der Waals surface area contributed by atoms with E-state index in [1.807, 2.05) is 12.4 Å². The molecule has 0 saturated carbocycles. The molecule has 0 spiro atoms. The van der Waals surface area contributed by atoms with Gasteiger partial charge in [0.1, 0.15) is 0 Å². The van der Waals surface area contributed by atoms with Crippen LogP contribution in [0.25, 0.3) is 0 Å². The lowest BCUT2D eigenvalue weighted by Crippen LogP contribution is -2.32. The van der Waals surface area contributed by atoms with Crippen LogP contribution >= 0.6 is 11.3 Å². The molecule has 0 bridgehead atoms. The molecule has 14 heavy (non-hydrogen) atoms. The van der Waals surface area contributed by atoms with Crippen molar-refractivity contribution >= 4 is 11.3 Å². The van der Waals surface area contributed by atoms with Crippen LogP contribution in [0.15, 0.2) is 5.51 Å². The molecule has 1 N–H and O–H groups in total. The molecule has 80 valence electrons. The van der Waals surface area contributed by atoms with Crippen molar-refractivity contribution in [2.24, 2.45) is 0 Å². The minimum atomic E-state index is 0.218. The third-order valence-corrected chi connectivity index (χ3v) is 3.23. The Kier molecular flexibility index (Phi) is 4.51. The van der Waals surface area contributed by atoms with Crippen molar-refractivity contribution in [2.75, 3.05) is 13.2 Å². The zero-order chi connectivity index (χ0) is 10.6. The third kappa shape index (κ3) is 3.04. The topological polar surface area (TPSA) is 36.4 Å². The second-order valence-electron chi connectivity index (χ2n) is 3.65. The van der Waals surface area contributed by atoms with Crippen molar-refractivity contribution in [2.45, 2.75) is 33.4 Å². The Balaban J connectivity index is 2.60. The van der Waals surface area contributed by atoms with Gasteiger partial charge >= 0.3 is 0 Å². The summed E-state index contributed by atoms with van der Waals surface area (Å²) in [5.74, 6) is 0. The van der Waals surface area contributed by atoms with E-state index in [1.54, 1.807) is 11.3 Å². The Bertz CT molecular complexity index is 273. The number of nitrogens with zero attached hydrogens (tertiary/aromatic N) is 2. The van der Waals surface area contributed by atoms with Crippen molar-refractivity contribution in [1.82, 2.24) is 9.88 Å². The maximum atomic E-state index is 8.93. The summed E-state index contributed by atoms with van der Waals surface area (Å²) >= 11 is 1.69. The van der Waals surface area contributed by atoms with Crippen LogP contribution < -0.4 is 0 Å². The molecule has 1 rings (SSSR count). The van der Waals surface area contributed by atoms with E-state index in [1.165, 1.54) is 4.88 Å². The van der Waals surface area contributed by atoms with Gasteiger partial charge in [-0.3, -0.25) is 4.90 Å². The summed E-state index contributed by atoms with van der Waals surface area (Å²) in [6.07, 6.45) is 0.